The molecule has 0 aliphatic carbocycles. The Hall–Kier alpha value is -4.39. The summed E-state index contributed by atoms with van der Waals surface area (Å²) in [6.45, 7) is 2.57. The molecular formula is C28H26N4O3. The number of fused-ring (bicyclic) bond motifs is 1. The third-order valence-electron chi connectivity index (χ3n) is 6.30. The second kappa shape index (κ2) is 9.46. The standard InChI is InChI=1S/C28H26N4O3/c1-18-6-5-9-27(30-18)32(2)19-10-11-22-20(13-15-35-26(22)16-19)21-7-3-4-8-24(21)31-25-17-29-14-12-23(25)28(33)34/h3-12,14,16-17,20,31H,13,15H2,1-2H3,(H,33,34)/t20-/m1/s1. The molecule has 0 fully saturated rings. The van der Waals surface area contributed by atoms with E-state index < -0.39 is 5.97 Å². The Kier molecular flexibility index (Phi) is 6.06. The zero-order valence-electron chi connectivity index (χ0n) is 19.6. The number of carboxylic acids is 1. The van der Waals surface area contributed by atoms with Gasteiger partial charge in [-0.05, 0) is 49.2 Å². The van der Waals surface area contributed by atoms with Crippen molar-refractivity contribution in [2.45, 2.75) is 19.3 Å². The molecule has 1 aliphatic rings. The average Bonchev–Trinajstić information content (AvgIpc) is 2.88. The number of rotatable bonds is 6. The third kappa shape index (κ3) is 4.53. The fourth-order valence-corrected chi connectivity index (χ4v) is 4.50. The molecule has 0 amide bonds. The Morgan fingerprint density at radius 2 is 1.91 bits per heavy atom. The van der Waals surface area contributed by atoms with Crippen molar-refractivity contribution in [2.75, 3.05) is 23.9 Å². The predicted molar refractivity (Wildman–Crippen MR) is 136 cm³/mol. The summed E-state index contributed by atoms with van der Waals surface area (Å²) in [5, 5.41) is 12.9. The van der Waals surface area contributed by atoms with Crippen molar-refractivity contribution in [3.8, 4) is 5.75 Å². The lowest BCUT2D eigenvalue weighted by Crippen LogP contribution is -2.18. The number of anilines is 4. The van der Waals surface area contributed by atoms with Gasteiger partial charge in [0.2, 0.25) is 0 Å². The molecule has 0 bridgehead atoms. The number of pyridine rings is 2. The van der Waals surface area contributed by atoms with E-state index in [4.69, 9.17) is 4.74 Å². The van der Waals surface area contributed by atoms with E-state index in [-0.39, 0.29) is 11.5 Å². The topological polar surface area (TPSA) is 87.6 Å². The Balaban J connectivity index is 1.48. The Bertz CT molecular complexity index is 1390. The van der Waals surface area contributed by atoms with Crippen LogP contribution >= 0.6 is 0 Å². The van der Waals surface area contributed by atoms with Crippen LogP contribution in [0.3, 0.4) is 0 Å². The van der Waals surface area contributed by atoms with Gasteiger partial charge in [-0.25, -0.2) is 9.78 Å². The summed E-state index contributed by atoms with van der Waals surface area (Å²) in [6, 6.07) is 21.7. The van der Waals surface area contributed by atoms with Crippen molar-refractivity contribution < 1.29 is 14.6 Å². The lowest BCUT2D eigenvalue weighted by Gasteiger charge is -2.29. The summed E-state index contributed by atoms with van der Waals surface area (Å²) < 4.78 is 6.08. The van der Waals surface area contributed by atoms with Gasteiger partial charge in [-0.2, -0.15) is 0 Å². The molecule has 35 heavy (non-hydrogen) atoms. The second-order valence-corrected chi connectivity index (χ2v) is 8.55. The molecule has 7 heteroatoms. The van der Waals surface area contributed by atoms with Crippen molar-refractivity contribution in [3.63, 3.8) is 0 Å². The lowest BCUT2D eigenvalue weighted by atomic mass is 9.85. The van der Waals surface area contributed by atoms with Crippen LogP contribution in [0.2, 0.25) is 0 Å². The number of ether oxygens (including phenoxy) is 1. The van der Waals surface area contributed by atoms with Gasteiger partial charge in [-0.1, -0.05) is 30.3 Å². The highest BCUT2D eigenvalue weighted by Crippen LogP contribution is 2.43. The molecule has 4 aromatic rings. The number of carbonyl (C=O) groups is 1. The first kappa shape index (κ1) is 22.4. The van der Waals surface area contributed by atoms with Crippen molar-refractivity contribution in [3.05, 3.63) is 102 Å². The zero-order chi connectivity index (χ0) is 24.4. The summed E-state index contributed by atoms with van der Waals surface area (Å²) in [4.78, 5) is 22.5. The molecule has 1 atom stereocenters. The van der Waals surface area contributed by atoms with E-state index in [1.807, 2.05) is 55.3 Å². The van der Waals surface area contributed by atoms with E-state index in [1.54, 1.807) is 6.20 Å². The Labute approximate surface area is 204 Å². The van der Waals surface area contributed by atoms with Crippen molar-refractivity contribution in [1.82, 2.24) is 9.97 Å². The van der Waals surface area contributed by atoms with E-state index in [1.165, 1.54) is 12.3 Å². The molecule has 0 saturated heterocycles. The maximum Gasteiger partial charge on any atom is 0.337 e. The molecule has 2 aromatic heterocycles. The van der Waals surface area contributed by atoms with Crippen LogP contribution in [0.5, 0.6) is 5.75 Å². The van der Waals surface area contributed by atoms with Gasteiger partial charge in [0.15, 0.2) is 0 Å². The van der Waals surface area contributed by atoms with E-state index in [2.05, 4.69) is 39.6 Å². The first-order valence-electron chi connectivity index (χ1n) is 11.5. The first-order valence-corrected chi connectivity index (χ1v) is 11.5. The van der Waals surface area contributed by atoms with Crippen LogP contribution in [0.1, 0.15) is 39.5 Å². The van der Waals surface area contributed by atoms with Gasteiger partial charge in [-0.3, -0.25) is 4.98 Å². The van der Waals surface area contributed by atoms with Crippen LogP contribution < -0.4 is 15.0 Å². The summed E-state index contributed by atoms with van der Waals surface area (Å²) in [7, 11) is 2.00. The normalized spacial score (nSPS) is 14.5. The van der Waals surface area contributed by atoms with Gasteiger partial charge in [0.25, 0.3) is 0 Å². The molecule has 5 rings (SSSR count). The van der Waals surface area contributed by atoms with Crippen LogP contribution in [0.25, 0.3) is 0 Å². The number of hydrogen-bond acceptors (Lipinski definition) is 6. The molecule has 176 valence electrons. The number of aryl methyl sites for hydroxylation is 1. The fraction of sp³-hybridized carbons (Fsp3) is 0.179. The highest BCUT2D eigenvalue weighted by molar-refractivity contribution is 5.95. The molecule has 2 N–H and O–H groups in total. The number of carboxylic acid groups (broad SMARTS) is 1. The number of hydrogen-bond donors (Lipinski definition) is 2. The number of nitrogens with one attached hydrogen (secondary N) is 1. The van der Waals surface area contributed by atoms with Crippen molar-refractivity contribution in [1.29, 1.82) is 0 Å². The maximum absolute atomic E-state index is 11.7. The number of aromatic nitrogens is 2. The Morgan fingerprint density at radius 1 is 1.06 bits per heavy atom. The van der Waals surface area contributed by atoms with Gasteiger partial charge in [-0.15, -0.1) is 0 Å². The monoisotopic (exact) mass is 466 g/mol. The Morgan fingerprint density at radius 3 is 2.74 bits per heavy atom. The average molecular weight is 467 g/mol. The molecule has 7 nitrogen and oxygen atoms in total. The molecule has 3 heterocycles. The highest BCUT2D eigenvalue weighted by atomic mass is 16.5. The minimum absolute atomic E-state index is 0.101. The number of para-hydroxylation sites is 1. The van der Waals surface area contributed by atoms with Gasteiger partial charge in [0.1, 0.15) is 11.6 Å². The van der Waals surface area contributed by atoms with Crippen LogP contribution in [-0.4, -0.2) is 34.7 Å². The molecular weight excluding hydrogens is 440 g/mol. The molecule has 0 saturated carbocycles. The van der Waals surface area contributed by atoms with E-state index >= 15 is 0 Å². The summed E-state index contributed by atoms with van der Waals surface area (Å²) in [5.74, 6) is 0.825. The van der Waals surface area contributed by atoms with E-state index in [9.17, 15) is 9.90 Å². The van der Waals surface area contributed by atoms with Gasteiger partial charge < -0.3 is 20.1 Å². The molecule has 0 spiro atoms. The van der Waals surface area contributed by atoms with Crippen LogP contribution in [0.4, 0.5) is 22.9 Å². The minimum atomic E-state index is -0.997. The number of benzene rings is 2. The van der Waals surface area contributed by atoms with E-state index in [0.717, 1.165) is 46.2 Å². The summed E-state index contributed by atoms with van der Waals surface area (Å²) in [5.41, 5.74) is 5.64. The van der Waals surface area contributed by atoms with Crippen LogP contribution in [0.15, 0.2) is 79.1 Å². The number of aromatic carboxylic acids is 1. The smallest absolute Gasteiger partial charge is 0.337 e. The van der Waals surface area contributed by atoms with Crippen LogP contribution in [0, 0.1) is 6.92 Å². The molecule has 0 radical (unpaired) electrons. The first-order chi connectivity index (χ1) is 17.0. The summed E-state index contributed by atoms with van der Waals surface area (Å²) in [6.07, 6.45) is 3.84. The summed E-state index contributed by atoms with van der Waals surface area (Å²) >= 11 is 0. The quantitative estimate of drug-likeness (QED) is 0.365. The highest BCUT2D eigenvalue weighted by Gasteiger charge is 2.26. The second-order valence-electron chi connectivity index (χ2n) is 8.55. The molecule has 1 aliphatic heterocycles. The van der Waals surface area contributed by atoms with Crippen LogP contribution in [-0.2, 0) is 0 Å². The van der Waals surface area contributed by atoms with Gasteiger partial charge in [0.05, 0.1) is 24.1 Å². The van der Waals surface area contributed by atoms with Gasteiger partial charge in [0, 0.05) is 47.9 Å². The third-order valence-corrected chi connectivity index (χ3v) is 6.30. The molecule has 2 aromatic carbocycles. The van der Waals surface area contributed by atoms with Crippen molar-refractivity contribution >= 4 is 28.8 Å². The molecule has 0 unspecified atom stereocenters. The maximum atomic E-state index is 11.7. The SMILES string of the molecule is Cc1cccc(N(C)c2ccc3c(c2)OCC[C@@H]3c2ccccc2Nc2cnccc2C(=O)O)n1. The van der Waals surface area contributed by atoms with Crippen molar-refractivity contribution in [2.24, 2.45) is 0 Å². The van der Waals surface area contributed by atoms with Gasteiger partial charge >= 0.3 is 5.97 Å². The predicted octanol–water partition coefficient (Wildman–Crippen LogP) is 5.91. The number of nitrogens with zero attached hydrogens (tertiary/aromatic N) is 3. The lowest BCUT2D eigenvalue weighted by molar-refractivity contribution is 0.0698. The largest absolute Gasteiger partial charge is 0.493 e. The fourth-order valence-electron chi connectivity index (χ4n) is 4.50. The zero-order valence-corrected chi connectivity index (χ0v) is 19.6. The van der Waals surface area contributed by atoms with E-state index in [0.29, 0.717) is 12.3 Å². The minimum Gasteiger partial charge on any atom is -0.493 e.